The Morgan fingerprint density at radius 3 is 2.54 bits per heavy atom. The Labute approximate surface area is 151 Å². The summed E-state index contributed by atoms with van der Waals surface area (Å²) in [5.41, 5.74) is 4.15. The number of carbonyl (C=O) groups excluding carboxylic acids is 1. The molecule has 0 saturated carbocycles. The molecule has 0 bridgehead atoms. The van der Waals surface area contributed by atoms with E-state index in [2.05, 4.69) is 57.2 Å². The topological polar surface area (TPSA) is 77.8 Å². The molecule has 3 N–H and O–H groups in total. The van der Waals surface area contributed by atoms with E-state index in [1.54, 1.807) is 12.1 Å². The van der Waals surface area contributed by atoms with Gasteiger partial charge in [0.05, 0.1) is 22.5 Å². The van der Waals surface area contributed by atoms with Gasteiger partial charge in [0.1, 0.15) is 0 Å². The number of aryl methyl sites for hydroxylation is 2. The highest BCUT2D eigenvalue weighted by atomic mass is 79.9. The third-order valence-electron chi connectivity index (χ3n) is 3.73. The first kappa shape index (κ1) is 16.9. The molecule has 0 aliphatic rings. The van der Waals surface area contributed by atoms with Gasteiger partial charge in [0.15, 0.2) is 0 Å². The summed E-state index contributed by atoms with van der Waals surface area (Å²) in [4.78, 5) is 30.0. The number of rotatable bonds is 4. The van der Waals surface area contributed by atoms with Gasteiger partial charge in [0.25, 0.3) is 0 Å². The van der Waals surface area contributed by atoms with Crippen LogP contribution in [0.5, 0.6) is 0 Å². The van der Waals surface area contributed by atoms with Gasteiger partial charge >= 0.3 is 5.69 Å². The van der Waals surface area contributed by atoms with Crippen LogP contribution in [0.2, 0.25) is 0 Å². The Morgan fingerprint density at radius 1 is 1.12 bits per heavy atom. The molecule has 5 nitrogen and oxygen atoms in total. The zero-order valence-corrected chi connectivity index (χ0v) is 15.6. The molecule has 0 radical (unpaired) electrons. The molecule has 0 saturated heterocycles. The van der Waals surface area contributed by atoms with E-state index < -0.39 is 0 Å². The number of aromatic amines is 2. The van der Waals surface area contributed by atoms with E-state index >= 15 is 0 Å². The minimum Gasteiger partial charge on any atom is -0.324 e. The molecule has 3 rings (SSSR count). The van der Waals surface area contributed by atoms with Crippen molar-refractivity contribution in [3.8, 4) is 0 Å². The number of benzene rings is 2. The first-order valence-corrected chi connectivity index (χ1v) is 9.11. The van der Waals surface area contributed by atoms with Gasteiger partial charge in [-0.3, -0.25) is 4.79 Å². The molecule has 0 spiro atoms. The van der Waals surface area contributed by atoms with Gasteiger partial charge in [-0.1, -0.05) is 6.07 Å². The van der Waals surface area contributed by atoms with E-state index in [9.17, 15) is 9.59 Å². The lowest BCUT2D eigenvalue weighted by Crippen LogP contribution is -2.14. The second-order valence-corrected chi connectivity index (χ2v) is 7.44. The Morgan fingerprint density at radius 2 is 1.83 bits per heavy atom. The monoisotopic (exact) mass is 405 g/mol. The number of nitrogens with one attached hydrogen (secondary N) is 3. The molecule has 1 amide bonds. The number of aromatic nitrogens is 2. The van der Waals surface area contributed by atoms with Crippen LogP contribution in [0.1, 0.15) is 11.1 Å². The lowest BCUT2D eigenvalue weighted by atomic mass is 10.1. The van der Waals surface area contributed by atoms with Crippen molar-refractivity contribution in [1.82, 2.24) is 9.97 Å². The highest BCUT2D eigenvalue weighted by Crippen LogP contribution is 2.27. The lowest BCUT2D eigenvalue weighted by Gasteiger charge is -2.08. The molecule has 0 atom stereocenters. The zero-order chi connectivity index (χ0) is 17.3. The second kappa shape index (κ2) is 6.86. The van der Waals surface area contributed by atoms with Crippen molar-refractivity contribution < 1.29 is 4.79 Å². The largest absolute Gasteiger partial charge is 0.324 e. The molecule has 0 aliphatic heterocycles. The molecular formula is C17H16BrN3O2S. The maximum atomic E-state index is 12.2. The molecule has 1 aromatic heterocycles. The third-order valence-corrected chi connectivity index (χ3v) is 5.38. The molecular weight excluding hydrogens is 390 g/mol. The fourth-order valence-corrected chi connectivity index (χ4v) is 3.53. The van der Waals surface area contributed by atoms with Crippen molar-refractivity contribution in [2.45, 2.75) is 18.7 Å². The van der Waals surface area contributed by atoms with Gasteiger partial charge in [-0.2, -0.15) is 0 Å². The van der Waals surface area contributed by atoms with Crippen molar-refractivity contribution in [2.75, 3.05) is 11.1 Å². The number of H-pyrrole nitrogens is 2. The number of anilines is 1. The Balaban J connectivity index is 1.69. The number of hydrogen-bond donors (Lipinski definition) is 3. The molecule has 24 heavy (non-hydrogen) atoms. The van der Waals surface area contributed by atoms with E-state index in [4.69, 9.17) is 0 Å². The van der Waals surface area contributed by atoms with Gasteiger partial charge in [-0.05, 0) is 65.2 Å². The number of halogens is 1. The SMILES string of the molecule is Cc1ccc(SCC(=O)Nc2cc3[nH]c(=O)[nH]c3cc2Br)cc1C. The fourth-order valence-electron chi connectivity index (χ4n) is 2.29. The van der Waals surface area contributed by atoms with E-state index in [-0.39, 0.29) is 11.6 Å². The minimum absolute atomic E-state index is 0.101. The van der Waals surface area contributed by atoms with Crippen molar-refractivity contribution in [3.05, 3.63) is 56.4 Å². The number of hydrogen-bond acceptors (Lipinski definition) is 3. The van der Waals surface area contributed by atoms with E-state index in [0.29, 0.717) is 22.5 Å². The molecule has 0 fully saturated rings. The fraction of sp³-hybridized carbons (Fsp3) is 0.176. The van der Waals surface area contributed by atoms with Gasteiger partial charge in [0, 0.05) is 9.37 Å². The summed E-state index contributed by atoms with van der Waals surface area (Å²) >= 11 is 4.90. The number of imidazole rings is 1. The normalized spacial score (nSPS) is 11.0. The van der Waals surface area contributed by atoms with Gasteiger partial charge in [0.2, 0.25) is 5.91 Å². The first-order valence-electron chi connectivity index (χ1n) is 7.34. The molecule has 124 valence electrons. The van der Waals surface area contributed by atoms with Crippen molar-refractivity contribution >= 4 is 50.3 Å². The lowest BCUT2D eigenvalue weighted by molar-refractivity contribution is -0.113. The Hall–Kier alpha value is -1.99. The maximum Gasteiger partial charge on any atom is 0.323 e. The van der Waals surface area contributed by atoms with Crippen LogP contribution >= 0.6 is 27.7 Å². The highest BCUT2D eigenvalue weighted by Gasteiger charge is 2.10. The van der Waals surface area contributed by atoms with Crippen LogP contribution in [0.15, 0.2) is 44.5 Å². The summed E-state index contributed by atoms with van der Waals surface area (Å²) < 4.78 is 0.717. The predicted octanol–water partition coefficient (Wildman–Crippen LogP) is 3.97. The van der Waals surface area contributed by atoms with Crippen LogP contribution in [0.3, 0.4) is 0 Å². The van der Waals surface area contributed by atoms with E-state index in [1.807, 2.05) is 6.07 Å². The van der Waals surface area contributed by atoms with Crippen LogP contribution in [0.25, 0.3) is 11.0 Å². The summed E-state index contributed by atoms with van der Waals surface area (Å²) in [6.45, 7) is 4.12. The van der Waals surface area contributed by atoms with Gasteiger partial charge < -0.3 is 15.3 Å². The van der Waals surface area contributed by atoms with Crippen LogP contribution in [-0.4, -0.2) is 21.6 Å². The van der Waals surface area contributed by atoms with Crippen LogP contribution in [0, 0.1) is 13.8 Å². The number of fused-ring (bicyclic) bond motifs is 1. The Bertz CT molecular complexity index is 978. The third kappa shape index (κ3) is 3.73. The van der Waals surface area contributed by atoms with Crippen LogP contribution in [0.4, 0.5) is 5.69 Å². The van der Waals surface area contributed by atoms with Crippen LogP contribution in [-0.2, 0) is 4.79 Å². The molecule has 2 aromatic carbocycles. The average molecular weight is 406 g/mol. The first-order chi connectivity index (χ1) is 11.4. The smallest absolute Gasteiger partial charge is 0.323 e. The summed E-state index contributed by atoms with van der Waals surface area (Å²) in [6, 6.07) is 9.66. The summed E-state index contributed by atoms with van der Waals surface area (Å²) in [5.74, 6) is 0.215. The van der Waals surface area contributed by atoms with Crippen molar-refractivity contribution in [3.63, 3.8) is 0 Å². The molecule has 0 unspecified atom stereocenters. The molecule has 7 heteroatoms. The summed E-state index contributed by atoms with van der Waals surface area (Å²) in [7, 11) is 0. The zero-order valence-electron chi connectivity index (χ0n) is 13.2. The molecule has 3 aromatic rings. The predicted molar refractivity (Wildman–Crippen MR) is 102 cm³/mol. The van der Waals surface area contributed by atoms with Crippen molar-refractivity contribution in [2.24, 2.45) is 0 Å². The Kier molecular flexibility index (Phi) is 4.82. The minimum atomic E-state index is -0.273. The van der Waals surface area contributed by atoms with E-state index in [1.165, 1.54) is 22.9 Å². The second-order valence-electron chi connectivity index (χ2n) is 5.54. The summed E-state index contributed by atoms with van der Waals surface area (Å²) in [6.07, 6.45) is 0. The number of amides is 1. The highest BCUT2D eigenvalue weighted by molar-refractivity contribution is 9.10. The standard InChI is InChI=1S/C17H16BrN3O2S/c1-9-3-4-11(5-10(9)2)24-8-16(22)19-13-7-15-14(6-12(13)18)20-17(23)21-15/h3-7H,8H2,1-2H3,(H,19,22)(H2,20,21,23). The number of thioether (sulfide) groups is 1. The van der Waals surface area contributed by atoms with Crippen LogP contribution < -0.4 is 11.0 Å². The average Bonchev–Trinajstić information content (AvgIpc) is 2.88. The number of carbonyl (C=O) groups is 1. The maximum absolute atomic E-state index is 12.2. The van der Waals surface area contributed by atoms with E-state index in [0.717, 1.165) is 9.37 Å². The van der Waals surface area contributed by atoms with Crippen molar-refractivity contribution in [1.29, 1.82) is 0 Å². The quantitative estimate of drug-likeness (QED) is 0.574. The molecule has 0 aliphatic carbocycles. The summed E-state index contributed by atoms with van der Waals surface area (Å²) in [5, 5.41) is 2.87. The molecule has 1 heterocycles. The van der Waals surface area contributed by atoms with Gasteiger partial charge in [-0.15, -0.1) is 11.8 Å². The van der Waals surface area contributed by atoms with Gasteiger partial charge in [-0.25, -0.2) is 4.79 Å².